The van der Waals surface area contributed by atoms with Gasteiger partial charge in [0.05, 0.1) is 11.0 Å². The highest BCUT2D eigenvalue weighted by atomic mass is 16.2. The quantitative estimate of drug-likeness (QED) is 0.941. The van der Waals surface area contributed by atoms with E-state index < -0.39 is 0 Å². The number of para-hydroxylation sites is 2. The molecule has 0 atom stereocenters. The molecule has 0 aliphatic heterocycles. The minimum absolute atomic E-state index is 0.0479. The Labute approximate surface area is 129 Å². The van der Waals surface area contributed by atoms with Crippen LogP contribution in [-0.2, 0) is 18.4 Å². The van der Waals surface area contributed by atoms with Gasteiger partial charge in [0.2, 0.25) is 5.91 Å². The Hall–Kier alpha value is -2.04. The first-order valence-corrected chi connectivity index (χ1v) is 8.10. The number of carbonyl (C=O) groups is 1. The molecule has 1 aliphatic carbocycles. The summed E-state index contributed by atoms with van der Waals surface area (Å²) in [4.78, 5) is 24.4. The number of benzene rings is 1. The molecule has 0 unspecified atom stereocenters. The number of nitrogens with zero attached hydrogens (tertiary/aromatic N) is 2. The zero-order chi connectivity index (χ0) is 15.5. The zero-order valence-corrected chi connectivity index (χ0v) is 13.0. The van der Waals surface area contributed by atoms with Crippen LogP contribution in [0.3, 0.4) is 0 Å². The number of aromatic nitrogens is 2. The fourth-order valence-corrected chi connectivity index (χ4v) is 3.34. The molecule has 1 aromatic carbocycles. The van der Waals surface area contributed by atoms with Gasteiger partial charge in [0.15, 0.2) is 0 Å². The van der Waals surface area contributed by atoms with Crippen molar-refractivity contribution in [2.75, 3.05) is 0 Å². The summed E-state index contributed by atoms with van der Waals surface area (Å²) in [5.41, 5.74) is 1.73. The van der Waals surface area contributed by atoms with E-state index in [9.17, 15) is 9.59 Å². The van der Waals surface area contributed by atoms with Crippen molar-refractivity contribution in [3.8, 4) is 0 Å². The van der Waals surface area contributed by atoms with Crippen molar-refractivity contribution in [2.45, 2.75) is 51.1 Å². The standard InChI is InChI=1S/C17H23N3O2/c1-19-14-9-5-6-10-15(14)20(17(19)22)12-11-16(21)18-13-7-3-2-4-8-13/h5-6,9-10,13H,2-4,7-8,11-12H2,1H3,(H,18,21). The van der Waals surface area contributed by atoms with Crippen molar-refractivity contribution in [3.63, 3.8) is 0 Å². The zero-order valence-electron chi connectivity index (χ0n) is 13.0. The first-order chi connectivity index (χ1) is 10.7. The molecule has 3 rings (SSSR count). The van der Waals surface area contributed by atoms with Gasteiger partial charge in [0, 0.05) is 26.1 Å². The highest BCUT2D eigenvalue weighted by Gasteiger charge is 2.16. The lowest BCUT2D eigenvalue weighted by atomic mass is 9.95. The second kappa shape index (κ2) is 6.38. The first kappa shape index (κ1) is 14.9. The molecular formula is C17H23N3O2. The van der Waals surface area contributed by atoms with Crippen LogP contribution in [-0.4, -0.2) is 21.1 Å². The van der Waals surface area contributed by atoms with Gasteiger partial charge in [-0.3, -0.25) is 13.9 Å². The van der Waals surface area contributed by atoms with Crippen LogP contribution in [0.5, 0.6) is 0 Å². The van der Waals surface area contributed by atoms with Gasteiger partial charge in [-0.25, -0.2) is 4.79 Å². The Bertz CT molecular complexity index is 723. The number of aryl methyl sites for hydroxylation is 2. The summed E-state index contributed by atoms with van der Waals surface area (Å²) in [5, 5.41) is 3.10. The number of nitrogens with one attached hydrogen (secondary N) is 1. The molecule has 1 aliphatic rings. The van der Waals surface area contributed by atoms with Gasteiger partial charge in [-0.1, -0.05) is 31.4 Å². The maximum absolute atomic E-state index is 12.3. The second-order valence-corrected chi connectivity index (χ2v) is 6.13. The molecule has 0 saturated heterocycles. The fourth-order valence-electron chi connectivity index (χ4n) is 3.34. The van der Waals surface area contributed by atoms with Crippen LogP contribution in [0, 0.1) is 0 Å². The predicted molar refractivity (Wildman–Crippen MR) is 86.8 cm³/mol. The molecule has 1 aromatic heterocycles. The van der Waals surface area contributed by atoms with Crippen LogP contribution in [0.4, 0.5) is 0 Å². The van der Waals surface area contributed by atoms with Crippen molar-refractivity contribution in [2.24, 2.45) is 7.05 Å². The van der Waals surface area contributed by atoms with E-state index in [0.29, 0.717) is 19.0 Å². The highest BCUT2D eigenvalue weighted by Crippen LogP contribution is 2.17. The van der Waals surface area contributed by atoms with Gasteiger partial charge in [0.25, 0.3) is 0 Å². The average Bonchev–Trinajstić information content (AvgIpc) is 2.78. The normalized spacial score (nSPS) is 16.0. The number of hydrogen-bond donors (Lipinski definition) is 1. The molecular weight excluding hydrogens is 278 g/mol. The van der Waals surface area contributed by atoms with Gasteiger partial charge >= 0.3 is 5.69 Å². The third kappa shape index (κ3) is 2.93. The monoisotopic (exact) mass is 301 g/mol. The van der Waals surface area contributed by atoms with Crippen molar-refractivity contribution < 1.29 is 4.79 Å². The van der Waals surface area contributed by atoms with Crippen molar-refractivity contribution in [1.29, 1.82) is 0 Å². The average molecular weight is 301 g/mol. The summed E-state index contributed by atoms with van der Waals surface area (Å²) in [6.07, 6.45) is 6.20. The van der Waals surface area contributed by atoms with Gasteiger partial charge in [-0.15, -0.1) is 0 Å². The van der Waals surface area contributed by atoms with E-state index in [0.717, 1.165) is 23.9 Å². The fraction of sp³-hybridized carbons (Fsp3) is 0.529. The Kier molecular flexibility index (Phi) is 4.32. The van der Waals surface area contributed by atoms with Crippen LogP contribution < -0.4 is 11.0 Å². The number of carbonyl (C=O) groups excluding carboxylic acids is 1. The summed E-state index contributed by atoms with van der Waals surface area (Å²) in [6.45, 7) is 0.429. The molecule has 5 nitrogen and oxygen atoms in total. The van der Waals surface area contributed by atoms with Gasteiger partial charge in [-0.2, -0.15) is 0 Å². The minimum atomic E-state index is -0.0633. The van der Waals surface area contributed by atoms with E-state index in [4.69, 9.17) is 0 Å². The Morgan fingerprint density at radius 2 is 1.86 bits per heavy atom. The number of hydrogen-bond acceptors (Lipinski definition) is 2. The molecule has 22 heavy (non-hydrogen) atoms. The largest absolute Gasteiger partial charge is 0.353 e. The van der Waals surface area contributed by atoms with Gasteiger partial charge in [0.1, 0.15) is 0 Å². The van der Waals surface area contributed by atoms with Crippen molar-refractivity contribution >= 4 is 16.9 Å². The lowest BCUT2D eigenvalue weighted by Crippen LogP contribution is -2.37. The topological polar surface area (TPSA) is 56.0 Å². The molecule has 1 amide bonds. The van der Waals surface area contributed by atoms with Crippen LogP contribution in [0.15, 0.2) is 29.1 Å². The SMILES string of the molecule is Cn1c(=O)n(CCC(=O)NC2CCCCC2)c2ccccc21. The van der Waals surface area contributed by atoms with E-state index in [1.54, 1.807) is 16.2 Å². The van der Waals surface area contributed by atoms with E-state index in [1.807, 2.05) is 24.3 Å². The van der Waals surface area contributed by atoms with Crippen LogP contribution in [0.1, 0.15) is 38.5 Å². The molecule has 1 fully saturated rings. The van der Waals surface area contributed by atoms with Crippen molar-refractivity contribution in [3.05, 3.63) is 34.7 Å². The smallest absolute Gasteiger partial charge is 0.328 e. The molecule has 1 N–H and O–H groups in total. The van der Waals surface area contributed by atoms with Crippen LogP contribution >= 0.6 is 0 Å². The van der Waals surface area contributed by atoms with Gasteiger partial charge in [-0.05, 0) is 25.0 Å². The number of amides is 1. The van der Waals surface area contributed by atoms with Crippen molar-refractivity contribution in [1.82, 2.24) is 14.5 Å². The first-order valence-electron chi connectivity index (χ1n) is 8.10. The molecule has 0 bridgehead atoms. The minimum Gasteiger partial charge on any atom is -0.353 e. The highest BCUT2D eigenvalue weighted by molar-refractivity contribution is 5.78. The Morgan fingerprint density at radius 1 is 1.18 bits per heavy atom. The molecule has 118 valence electrons. The Balaban J connectivity index is 1.67. The Morgan fingerprint density at radius 3 is 2.59 bits per heavy atom. The van der Waals surface area contributed by atoms with E-state index in [1.165, 1.54) is 19.3 Å². The number of fused-ring (bicyclic) bond motifs is 1. The maximum atomic E-state index is 12.3. The summed E-state index contributed by atoms with van der Waals surface area (Å²) >= 11 is 0. The molecule has 5 heteroatoms. The predicted octanol–water partition coefficient (Wildman–Crippen LogP) is 2.18. The molecule has 0 spiro atoms. The van der Waals surface area contributed by atoms with E-state index in [-0.39, 0.29) is 11.6 Å². The third-order valence-electron chi connectivity index (χ3n) is 4.58. The third-order valence-corrected chi connectivity index (χ3v) is 4.58. The van der Waals surface area contributed by atoms with Crippen LogP contribution in [0.25, 0.3) is 11.0 Å². The molecule has 1 saturated carbocycles. The van der Waals surface area contributed by atoms with Gasteiger partial charge < -0.3 is 5.32 Å². The van der Waals surface area contributed by atoms with Crippen LogP contribution in [0.2, 0.25) is 0 Å². The second-order valence-electron chi connectivity index (χ2n) is 6.13. The summed E-state index contributed by atoms with van der Waals surface area (Å²) in [5.74, 6) is 0.0479. The summed E-state index contributed by atoms with van der Waals surface area (Å²) in [7, 11) is 1.77. The summed E-state index contributed by atoms with van der Waals surface area (Å²) in [6, 6.07) is 8.01. The van der Waals surface area contributed by atoms with E-state index in [2.05, 4.69) is 5.32 Å². The summed E-state index contributed by atoms with van der Waals surface area (Å²) < 4.78 is 3.32. The molecule has 0 radical (unpaired) electrons. The molecule has 2 aromatic rings. The number of rotatable bonds is 4. The lowest BCUT2D eigenvalue weighted by Gasteiger charge is -2.22. The molecule has 1 heterocycles. The lowest BCUT2D eigenvalue weighted by molar-refractivity contribution is -0.122. The van der Waals surface area contributed by atoms with E-state index >= 15 is 0 Å². The number of imidazole rings is 1. The maximum Gasteiger partial charge on any atom is 0.328 e.